The first-order valence-electron chi connectivity index (χ1n) is 10.2. The van der Waals surface area contributed by atoms with Gasteiger partial charge in [0.15, 0.2) is 11.4 Å². The summed E-state index contributed by atoms with van der Waals surface area (Å²) in [6.45, 7) is 1.58. The third-order valence-electron chi connectivity index (χ3n) is 5.52. The van der Waals surface area contributed by atoms with Crippen LogP contribution >= 0.6 is 11.3 Å². The first-order chi connectivity index (χ1) is 16.1. The topological polar surface area (TPSA) is 126 Å². The van der Waals surface area contributed by atoms with E-state index < -0.39 is 0 Å². The minimum absolute atomic E-state index is 0.0638. The molecule has 0 saturated carbocycles. The molecule has 0 spiro atoms. The molecule has 0 aliphatic rings. The van der Waals surface area contributed by atoms with Crippen molar-refractivity contribution in [1.82, 2.24) is 30.1 Å². The highest BCUT2D eigenvalue weighted by atomic mass is 32.1. The second-order valence-corrected chi connectivity index (χ2v) is 8.81. The van der Waals surface area contributed by atoms with Crippen LogP contribution in [0, 0.1) is 0 Å². The SMILES string of the molecule is CC(=O)c1ccc(-c2ccnc3[nH]c(-c4[nH]nc5ncc(-c6cncc(N)c6)cc45)cc23)s1. The first kappa shape index (κ1) is 19.3. The Bertz CT molecular complexity index is 1680. The van der Waals surface area contributed by atoms with Crippen LogP contribution in [0.5, 0.6) is 0 Å². The summed E-state index contributed by atoms with van der Waals surface area (Å²) < 4.78 is 0. The Hall–Kier alpha value is -4.37. The van der Waals surface area contributed by atoms with Crippen molar-refractivity contribution >= 4 is 44.9 Å². The number of nitrogen functional groups attached to an aromatic ring is 1. The molecule has 0 saturated heterocycles. The van der Waals surface area contributed by atoms with Crippen LogP contribution in [-0.4, -0.2) is 35.9 Å². The van der Waals surface area contributed by atoms with Gasteiger partial charge in [-0.25, -0.2) is 9.97 Å². The van der Waals surface area contributed by atoms with Gasteiger partial charge in [0.2, 0.25) is 0 Å². The predicted octanol–water partition coefficient (Wildman–Crippen LogP) is 5.08. The molecule has 0 unspecified atom stereocenters. The molecule has 6 aromatic heterocycles. The zero-order chi connectivity index (χ0) is 22.5. The molecule has 0 bridgehead atoms. The summed E-state index contributed by atoms with van der Waals surface area (Å²) in [5.74, 6) is 0.0638. The van der Waals surface area contributed by atoms with E-state index in [0.29, 0.717) is 11.3 Å². The number of fused-ring (bicyclic) bond motifs is 2. The molecule has 0 aliphatic carbocycles. The number of thiophene rings is 1. The molecule has 9 heteroatoms. The zero-order valence-electron chi connectivity index (χ0n) is 17.5. The highest BCUT2D eigenvalue weighted by molar-refractivity contribution is 7.17. The second-order valence-electron chi connectivity index (χ2n) is 7.72. The molecule has 0 aliphatic heterocycles. The van der Waals surface area contributed by atoms with Crippen molar-refractivity contribution in [1.29, 1.82) is 0 Å². The Morgan fingerprint density at radius 3 is 2.70 bits per heavy atom. The van der Waals surface area contributed by atoms with Crippen molar-refractivity contribution < 1.29 is 4.79 Å². The van der Waals surface area contributed by atoms with Crippen LogP contribution in [0.15, 0.2) is 61.2 Å². The van der Waals surface area contributed by atoms with E-state index in [9.17, 15) is 4.79 Å². The average molecular weight is 452 g/mol. The lowest BCUT2D eigenvalue weighted by molar-refractivity contribution is 0.102. The lowest BCUT2D eigenvalue weighted by Crippen LogP contribution is -1.88. The number of nitrogens with two attached hydrogens (primary N) is 1. The Morgan fingerprint density at radius 2 is 1.88 bits per heavy atom. The van der Waals surface area contributed by atoms with Gasteiger partial charge in [-0.05, 0) is 43.3 Å². The van der Waals surface area contributed by atoms with Crippen LogP contribution in [0.2, 0.25) is 0 Å². The van der Waals surface area contributed by atoms with Gasteiger partial charge in [0, 0.05) is 57.1 Å². The van der Waals surface area contributed by atoms with E-state index in [1.165, 1.54) is 11.3 Å². The Balaban J connectivity index is 1.48. The van der Waals surface area contributed by atoms with E-state index >= 15 is 0 Å². The third-order valence-corrected chi connectivity index (χ3v) is 6.74. The maximum atomic E-state index is 11.8. The van der Waals surface area contributed by atoms with E-state index in [-0.39, 0.29) is 5.78 Å². The van der Waals surface area contributed by atoms with Gasteiger partial charge in [-0.1, -0.05) is 0 Å². The predicted molar refractivity (Wildman–Crippen MR) is 130 cm³/mol. The Morgan fingerprint density at radius 1 is 1.00 bits per heavy atom. The number of hydrogen-bond acceptors (Lipinski definition) is 7. The number of rotatable bonds is 4. The summed E-state index contributed by atoms with van der Waals surface area (Å²) in [6.07, 6.45) is 6.90. The minimum atomic E-state index is 0.0638. The monoisotopic (exact) mass is 451 g/mol. The molecule has 0 radical (unpaired) electrons. The fourth-order valence-electron chi connectivity index (χ4n) is 3.93. The fourth-order valence-corrected chi connectivity index (χ4v) is 4.87. The normalized spacial score (nSPS) is 11.4. The molecular formula is C24H17N7OS. The van der Waals surface area contributed by atoms with Crippen LogP contribution in [0.1, 0.15) is 16.6 Å². The maximum absolute atomic E-state index is 11.8. The molecule has 0 atom stereocenters. The van der Waals surface area contributed by atoms with Crippen molar-refractivity contribution in [2.45, 2.75) is 6.92 Å². The van der Waals surface area contributed by atoms with Gasteiger partial charge in [-0.2, -0.15) is 5.10 Å². The number of nitrogens with zero attached hydrogens (tertiary/aromatic N) is 4. The van der Waals surface area contributed by atoms with Gasteiger partial charge in [0.05, 0.1) is 22.0 Å². The molecule has 160 valence electrons. The largest absolute Gasteiger partial charge is 0.397 e. The number of hydrogen-bond donors (Lipinski definition) is 3. The van der Waals surface area contributed by atoms with Crippen LogP contribution in [0.25, 0.3) is 55.0 Å². The smallest absolute Gasteiger partial charge is 0.181 e. The molecule has 0 amide bonds. The lowest BCUT2D eigenvalue weighted by Gasteiger charge is -2.02. The number of pyridine rings is 3. The molecule has 4 N–H and O–H groups in total. The molecular weight excluding hydrogens is 434 g/mol. The molecule has 0 fully saturated rings. The zero-order valence-corrected chi connectivity index (χ0v) is 18.3. The number of aromatic nitrogens is 6. The summed E-state index contributed by atoms with van der Waals surface area (Å²) in [6, 6.07) is 11.7. The van der Waals surface area contributed by atoms with Crippen LogP contribution < -0.4 is 5.73 Å². The van der Waals surface area contributed by atoms with Gasteiger partial charge in [-0.3, -0.25) is 14.9 Å². The number of anilines is 1. The van der Waals surface area contributed by atoms with Gasteiger partial charge in [0.25, 0.3) is 0 Å². The van der Waals surface area contributed by atoms with E-state index in [4.69, 9.17) is 5.73 Å². The number of aromatic amines is 2. The summed E-state index contributed by atoms with van der Waals surface area (Å²) in [7, 11) is 0. The van der Waals surface area contributed by atoms with Gasteiger partial charge < -0.3 is 10.7 Å². The number of carbonyl (C=O) groups is 1. The molecule has 6 rings (SSSR count). The fraction of sp³-hybridized carbons (Fsp3) is 0.0417. The summed E-state index contributed by atoms with van der Waals surface area (Å²) in [5.41, 5.74) is 12.3. The summed E-state index contributed by atoms with van der Waals surface area (Å²) in [4.78, 5) is 30.1. The van der Waals surface area contributed by atoms with Crippen molar-refractivity contribution in [3.05, 3.63) is 66.1 Å². The number of ketones is 1. The number of carbonyl (C=O) groups excluding carboxylic acids is 1. The van der Waals surface area contributed by atoms with E-state index in [1.54, 1.807) is 31.7 Å². The Kier molecular flexibility index (Phi) is 4.30. The quantitative estimate of drug-likeness (QED) is 0.321. The average Bonchev–Trinajstić information content (AvgIpc) is 3.55. The first-order valence-corrected chi connectivity index (χ1v) is 11.0. The summed E-state index contributed by atoms with van der Waals surface area (Å²) >= 11 is 1.48. The number of nitrogens with one attached hydrogen (secondary N) is 2. The molecule has 33 heavy (non-hydrogen) atoms. The summed E-state index contributed by atoms with van der Waals surface area (Å²) in [5, 5.41) is 9.32. The van der Waals surface area contributed by atoms with Gasteiger partial charge >= 0.3 is 0 Å². The third kappa shape index (κ3) is 3.26. The van der Waals surface area contributed by atoms with Crippen LogP contribution in [0.3, 0.4) is 0 Å². The minimum Gasteiger partial charge on any atom is -0.397 e. The van der Waals surface area contributed by atoms with Crippen molar-refractivity contribution in [3.63, 3.8) is 0 Å². The molecule has 6 heterocycles. The van der Waals surface area contributed by atoms with E-state index in [2.05, 4.69) is 30.1 Å². The van der Waals surface area contributed by atoms with Crippen molar-refractivity contribution in [3.8, 4) is 33.0 Å². The number of H-pyrrole nitrogens is 2. The van der Waals surface area contributed by atoms with Crippen LogP contribution in [0.4, 0.5) is 5.69 Å². The Labute approximate surface area is 191 Å². The molecule has 0 aromatic carbocycles. The van der Waals surface area contributed by atoms with Gasteiger partial charge in [-0.15, -0.1) is 11.3 Å². The van der Waals surface area contributed by atoms with Crippen molar-refractivity contribution in [2.24, 2.45) is 0 Å². The lowest BCUT2D eigenvalue weighted by atomic mass is 10.1. The maximum Gasteiger partial charge on any atom is 0.181 e. The molecule has 6 aromatic rings. The van der Waals surface area contributed by atoms with Crippen molar-refractivity contribution in [2.75, 3.05) is 5.73 Å². The highest BCUT2D eigenvalue weighted by Gasteiger charge is 2.16. The second kappa shape index (κ2) is 7.35. The highest BCUT2D eigenvalue weighted by Crippen LogP contribution is 2.36. The standard InChI is InChI=1S/C24H17N7OS/c1-12(32)20-2-3-21(33-20)16-4-5-27-23-17(16)8-19(29-23)22-18-7-14(10-28-24(18)31-30-22)13-6-15(25)11-26-9-13/h2-11H,25H2,1H3,(H,27,29)(H,28,30,31). The molecule has 8 nitrogen and oxygen atoms in total. The number of Topliss-reactive ketones (excluding diaryl/α,β-unsaturated/α-hetero) is 1. The van der Waals surface area contributed by atoms with E-state index in [1.807, 2.05) is 36.4 Å². The van der Waals surface area contributed by atoms with E-state index in [0.717, 1.165) is 54.3 Å². The van der Waals surface area contributed by atoms with Crippen LogP contribution in [-0.2, 0) is 0 Å². The van der Waals surface area contributed by atoms with Gasteiger partial charge in [0.1, 0.15) is 5.65 Å².